The van der Waals surface area contributed by atoms with Crippen LogP contribution in [0, 0.1) is 0 Å². The van der Waals surface area contributed by atoms with Crippen LogP contribution in [0.4, 0.5) is 13.2 Å². The Kier molecular flexibility index (Phi) is 4.74. The monoisotopic (exact) mass is 302 g/mol. The zero-order valence-corrected chi connectivity index (χ0v) is 13.5. The number of hydrogen-bond donors (Lipinski definition) is 0. The summed E-state index contributed by atoms with van der Waals surface area (Å²) < 4.78 is 44.9. The van der Waals surface area contributed by atoms with Crippen molar-refractivity contribution in [1.29, 1.82) is 0 Å². The largest absolute Gasteiger partial charge is 0.540 e. The molecular weight excluding hydrogens is 281 g/mol. The number of benzene rings is 1. The molecular formula is C15H21F3OSi. The molecule has 0 heterocycles. The molecule has 0 N–H and O–H groups in total. The van der Waals surface area contributed by atoms with Gasteiger partial charge in [-0.3, -0.25) is 0 Å². The maximum atomic E-state index is 13.2. The van der Waals surface area contributed by atoms with Crippen molar-refractivity contribution in [2.24, 2.45) is 0 Å². The zero-order valence-electron chi connectivity index (χ0n) is 12.5. The topological polar surface area (TPSA) is 9.23 Å². The van der Waals surface area contributed by atoms with Gasteiger partial charge in [-0.15, -0.1) is 0 Å². The summed E-state index contributed by atoms with van der Waals surface area (Å²) in [6.45, 7) is 9.34. The molecule has 1 nitrogen and oxygen atoms in total. The maximum Gasteiger partial charge on any atom is 0.447 e. The van der Waals surface area contributed by atoms with Gasteiger partial charge in [0.2, 0.25) is 8.32 Å². The first kappa shape index (κ1) is 16.8. The van der Waals surface area contributed by atoms with E-state index in [0.717, 1.165) is 6.08 Å². The van der Waals surface area contributed by atoms with Crippen LogP contribution in [-0.4, -0.2) is 14.5 Å². The van der Waals surface area contributed by atoms with Gasteiger partial charge in [-0.25, -0.2) is 0 Å². The quantitative estimate of drug-likeness (QED) is 0.521. The zero-order chi connectivity index (χ0) is 15.6. The van der Waals surface area contributed by atoms with Crippen molar-refractivity contribution in [3.05, 3.63) is 41.7 Å². The molecule has 1 rings (SSSR count). The first-order chi connectivity index (χ1) is 8.93. The number of halogens is 3. The molecule has 0 saturated heterocycles. The summed E-state index contributed by atoms with van der Waals surface area (Å²) in [6, 6.07) is 8.42. The van der Waals surface area contributed by atoms with Crippen LogP contribution in [0.15, 0.2) is 36.1 Å². The van der Waals surface area contributed by atoms with Gasteiger partial charge in [-0.2, -0.15) is 13.2 Å². The van der Waals surface area contributed by atoms with E-state index >= 15 is 0 Å². The number of alkyl halides is 3. The molecule has 0 saturated carbocycles. The summed E-state index contributed by atoms with van der Waals surface area (Å²) in [5, 5.41) is -0.284. The minimum Gasteiger partial charge on any atom is -0.540 e. The second-order valence-corrected chi connectivity index (χ2v) is 11.0. The van der Waals surface area contributed by atoms with E-state index in [9.17, 15) is 13.2 Å². The van der Waals surface area contributed by atoms with Crippen LogP contribution in [-0.2, 0) is 4.43 Å². The third kappa shape index (κ3) is 4.40. The van der Waals surface area contributed by atoms with Gasteiger partial charge in [-0.1, -0.05) is 51.1 Å². The highest BCUT2D eigenvalue weighted by Gasteiger charge is 2.45. The molecule has 0 aliphatic carbocycles. The van der Waals surface area contributed by atoms with Crippen LogP contribution in [0.3, 0.4) is 0 Å². The molecule has 0 aromatic heterocycles. The molecule has 5 heteroatoms. The van der Waals surface area contributed by atoms with Crippen LogP contribution in [0.25, 0.3) is 6.08 Å². The summed E-state index contributed by atoms with van der Waals surface area (Å²) in [7, 11) is -2.52. The van der Waals surface area contributed by atoms with Crippen molar-refractivity contribution in [2.75, 3.05) is 0 Å². The van der Waals surface area contributed by atoms with E-state index in [0.29, 0.717) is 5.56 Å². The second-order valence-electron chi connectivity index (χ2n) is 6.28. The molecule has 0 aliphatic heterocycles. The molecule has 0 aliphatic rings. The van der Waals surface area contributed by atoms with Crippen molar-refractivity contribution >= 4 is 14.4 Å². The van der Waals surface area contributed by atoms with Crippen molar-refractivity contribution in [3.63, 3.8) is 0 Å². The Labute approximate surface area is 119 Å². The standard InChI is InChI=1S/C15H21F3OSi/c1-14(2,3)20(4,5)19-13(15(16,17)18)11-12-9-7-6-8-10-12/h6-11H,1-5H3/b13-11+. The summed E-state index contributed by atoms with van der Waals surface area (Å²) in [4.78, 5) is 0. The Morgan fingerprint density at radius 3 is 1.95 bits per heavy atom. The molecule has 0 radical (unpaired) electrons. The Bertz CT molecular complexity index is 470. The summed E-state index contributed by atoms with van der Waals surface area (Å²) in [5.41, 5.74) is 0.485. The predicted molar refractivity (Wildman–Crippen MR) is 78.8 cm³/mol. The first-order valence-corrected chi connectivity index (χ1v) is 9.37. The lowest BCUT2D eigenvalue weighted by atomic mass is 10.2. The molecule has 0 unspecified atom stereocenters. The third-order valence-electron chi connectivity index (χ3n) is 3.55. The van der Waals surface area contributed by atoms with Crippen molar-refractivity contribution in [2.45, 2.75) is 45.1 Å². The Balaban J connectivity index is 3.14. The van der Waals surface area contributed by atoms with E-state index in [1.165, 1.54) is 0 Å². The van der Waals surface area contributed by atoms with Crippen molar-refractivity contribution in [1.82, 2.24) is 0 Å². The summed E-state index contributed by atoms with van der Waals surface area (Å²) >= 11 is 0. The van der Waals surface area contributed by atoms with Gasteiger partial charge in [0.25, 0.3) is 0 Å². The molecule has 0 bridgehead atoms. The van der Waals surface area contributed by atoms with E-state index in [1.807, 2.05) is 20.8 Å². The minimum atomic E-state index is -4.48. The van der Waals surface area contributed by atoms with Crippen LogP contribution in [0.5, 0.6) is 0 Å². The number of allylic oxidation sites excluding steroid dienone is 1. The fraction of sp³-hybridized carbons (Fsp3) is 0.467. The van der Waals surface area contributed by atoms with Gasteiger partial charge in [0, 0.05) is 0 Å². The average Bonchev–Trinajstić information content (AvgIpc) is 2.26. The van der Waals surface area contributed by atoms with E-state index < -0.39 is 20.3 Å². The molecule has 0 atom stereocenters. The van der Waals surface area contributed by atoms with Gasteiger partial charge in [0.1, 0.15) is 0 Å². The molecule has 0 fully saturated rings. The molecule has 20 heavy (non-hydrogen) atoms. The minimum absolute atomic E-state index is 0.284. The normalized spacial score (nSPS) is 14.3. The Morgan fingerprint density at radius 1 is 1.05 bits per heavy atom. The highest BCUT2D eigenvalue weighted by atomic mass is 28.4. The van der Waals surface area contributed by atoms with Crippen LogP contribution in [0.1, 0.15) is 26.3 Å². The molecule has 1 aromatic rings. The summed E-state index contributed by atoms with van der Waals surface area (Å²) in [5.74, 6) is -0.907. The fourth-order valence-corrected chi connectivity index (χ4v) is 2.33. The molecule has 0 amide bonds. The van der Waals surface area contributed by atoms with Crippen LogP contribution in [0.2, 0.25) is 18.1 Å². The van der Waals surface area contributed by atoms with Crippen molar-refractivity contribution < 1.29 is 17.6 Å². The lowest BCUT2D eigenvalue weighted by Gasteiger charge is -2.37. The lowest BCUT2D eigenvalue weighted by molar-refractivity contribution is -0.116. The number of rotatable bonds is 3. The smallest absolute Gasteiger partial charge is 0.447 e. The van der Waals surface area contributed by atoms with E-state index in [-0.39, 0.29) is 5.04 Å². The fourth-order valence-electron chi connectivity index (χ4n) is 1.30. The van der Waals surface area contributed by atoms with E-state index in [2.05, 4.69) is 0 Å². The predicted octanol–water partition coefficient (Wildman–Crippen LogP) is 5.61. The third-order valence-corrected chi connectivity index (χ3v) is 7.89. The highest BCUT2D eigenvalue weighted by molar-refractivity contribution is 6.74. The van der Waals surface area contributed by atoms with Gasteiger partial charge in [0.15, 0.2) is 5.76 Å². The van der Waals surface area contributed by atoms with Crippen LogP contribution >= 0.6 is 0 Å². The molecule has 1 aromatic carbocycles. The Morgan fingerprint density at radius 2 is 1.55 bits per heavy atom. The first-order valence-electron chi connectivity index (χ1n) is 6.46. The van der Waals surface area contributed by atoms with Gasteiger partial charge in [0.05, 0.1) is 0 Å². The lowest BCUT2D eigenvalue weighted by Crippen LogP contribution is -2.42. The van der Waals surface area contributed by atoms with Gasteiger partial charge >= 0.3 is 6.18 Å². The highest BCUT2D eigenvalue weighted by Crippen LogP contribution is 2.41. The molecule has 112 valence electrons. The van der Waals surface area contributed by atoms with Crippen molar-refractivity contribution in [3.8, 4) is 0 Å². The second kappa shape index (κ2) is 5.64. The molecule has 0 spiro atoms. The average molecular weight is 302 g/mol. The van der Waals surface area contributed by atoms with E-state index in [1.54, 1.807) is 43.4 Å². The SMILES string of the molecule is CC(C)(C)[Si](C)(C)O/C(=C/c1ccccc1)C(F)(F)F. The maximum absolute atomic E-state index is 13.2. The van der Waals surface area contributed by atoms with Gasteiger partial charge in [-0.05, 0) is 29.8 Å². The van der Waals surface area contributed by atoms with Gasteiger partial charge < -0.3 is 4.43 Å². The van der Waals surface area contributed by atoms with E-state index in [4.69, 9.17) is 4.43 Å². The Hall–Kier alpha value is -1.23. The van der Waals surface area contributed by atoms with Crippen LogP contribution < -0.4 is 0 Å². The summed E-state index contributed by atoms with van der Waals surface area (Å²) in [6.07, 6.45) is -3.41. The number of hydrogen-bond acceptors (Lipinski definition) is 1.